The van der Waals surface area contributed by atoms with Gasteiger partial charge in [-0.2, -0.15) is 5.26 Å². The predicted octanol–water partition coefficient (Wildman–Crippen LogP) is 1.77. The van der Waals surface area contributed by atoms with Gasteiger partial charge in [-0.1, -0.05) is 12.1 Å². The van der Waals surface area contributed by atoms with Crippen LogP contribution in [-0.4, -0.2) is 16.7 Å². The van der Waals surface area contributed by atoms with E-state index >= 15 is 0 Å². The second-order valence-electron chi connectivity index (χ2n) is 3.22. The number of aliphatic imine (C=N–C) groups is 1. The van der Waals surface area contributed by atoms with Crippen molar-refractivity contribution in [1.82, 2.24) is 0 Å². The van der Waals surface area contributed by atoms with E-state index < -0.39 is 0 Å². The van der Waals surface area contributed by atoms with Crippen LogP contribution in [0, 0.1) is 11.3 Å². The van der Waals surface area contributed by atoms with E-state index in [0.29, 0.717) is 12.0 Å². The molecule has 0 saturated heterocycles. The Kier molecular flexibility index (Phi) is 2.84. The molecule has 15 heavy (non-hydrogen) atoms. The highest BCUT2D eigenvalue weighted by Crippen LogP contribution is 2.18. The van der Waals surface area contributed by atoms with E-state index in [-0.39, 0.29) is 11.2 Å². The quantitative estimate of drug-likeness (QED) is 0.757. The van der Waals surface area contributed by atoms with E-state index in [4.69, 9.17) is 5.26 Å². The summed E-state index contributed by atoms with van der Waals surface area (Å²) in [5, 5.41) is 8.72. The average Bonchev–Trinajstić information content (AvgIpc) is 2.66. The molecule has 0 radical (unpaired) electrons. The van der Waals surface area contributed by atoms with Crippen molar-refractivity contribution in [3.8, 4) is 6.07 Å². The third kappa shape index (κ3) is 2.25. The lowest BCUT2D eigenvalue weighted by Crippen LogP contribution is -2.13. The van der Waals surface area contributed by atoms with Crippen LogP contribution in [0.3, 0.4) is 0 Å². The van der Waals surface area contributed by atoms with Crippen molar-refractivity contribution in [2.24, 2.45) is 4.99 Å². The molecule has 1 unspecified atom stereocenters. The van der Waals surface area contributed by atoms with Crippen molar-refractivity contribution in [3.05, 3.63) is 35.4 Å². The van der Waals surface area contributed by atoms with E-state index in [2.05, 4.69) is 11.1 Å². The van der Waals surface area contributed by atoms with Crippen LogP contribution in [0.5, 0.6) is 0 Å². The topological polar surface area (TPSA) is 53.2 Å². The van der Waals surface area contributed by atoms with Gasteiger partial charge in [-0.15, -0.1) is 0 Å². The zero-order valence-corrected chi connectivity index (χ0v) is 8.70. The summed E-state index contributed by atoms with van der Waals surface area (Å²) in [6.45, 7) is 0. The minimum Gasteiger partial charge on any atom is -0.284 e. The number of thioether (sulfide) groups is 1. The minimum absolute atomic E-state index is 0.0966. The molecule has 1 aromatic rings. The maximum Gasteiger partial charge on any atom is 0.219 e. The molecule has 0 N–H and O–H groups in total. The number of hydrogen-bond acceptors (Lipinski definition) is 4. The van der Waals surface area contributed by atoms with Crippen molar-refractivity contribution >= 4 is 22.4 Å². The van der Waals surface area contributed by atoms with Gasteiger partial charge in [0.2, 0.25) is 5.12 Å². The third-order valence-electron chi connectivity index (χ3n) is 2.19. The maximum absolute atomic E-state index is 11.3. The monoisotopic (exact) mass is 216 g/mol. The van der Waals surface area contributed by atoms with Crippen LogP contribution in [0.1, 0.15) is 11.1 Å². The predicted molar refractivity (Wildman–Crippen MR) is 59.7 cm³/mol. The molecule has 4 heteroatoms. The average molecular weight is 216 g/mol. The number of benzene rings is 1. The first kappa shape index (κ1) is 9.94. The Labute approximate surface area is 91.8 Å². The molecular formula is C11H8N2OS. The summed E-state index contributed by atoms with van der Waals surface area (Å²) in [5.41, 5.74) is 3.26. The molecule has 0 saturated carbocycles. The zero-order valence-electron chi connectivity index (χ0n) is 7.88. The summed E-state index contributed by atoms with van der Waals surface area (Å²) in [5.74, 6) is 0. The van der Waals surface area contributed by atoms with E-state index in [0.717, 1.165) is 17.3 Å². The molecule has 1 aromatic carbocycles. The minimum atomic E-state index is -0.247. The highest BCUT2D eigenvalue weighted by Gasteiger charge is 2.21. The molecule has 0 bridgehead atoms. The highest BCUT2D eigenvalue weighted by atomic mass is 32.2. The summed E-state index contributed by atoms with van der Waals surface area (Å²) in [6, 6.07) is 9.05. The van der Waals surface area contributed by atoms with Gasteiger partial charge < -0.3 is 0 Å². The van der Waals surface area contributed by atoms with Gasteiger partial charge in [0.25, 0.3) is 0 Å². The van der Waals surface area contributed by atoms with Crippen molar-refractivity contribution in [2.75, 3.05) is 0 Å². The fourth-order valence-electron chi connectivity index (χ4n) is 1.37. The number of hydrogen-bond donors (Lipinski definition) is 0. The molecule has 0 spiro atoms. The van der Waals surface area contributed by atoms with Crippen LogP contribution in [0.2, 0.25) is 0 Å². The summed E-state index contributed by atoms with van der Waals surface area (Å²) < 4.78 is 0. The fraction of sp³-hybridized carbons (Fsp3) is 0.182. The fourth-order valence-corrected chi connectivity index (χ4v) is 1.98. The maximum atomic E-state index is 11.3. The molecule has 2 rings (SSSR count). The molecule has 0 aromatic heterocycles. The van der Waals surface area contributed by atoms with Gasteiger partial charge in [-0.3, -0.25) is 9.79 Å². The van der Waals surface area contributed by atoms with E-state index in [9.17, 15) is 4.79 Å². The first-order valence-corrected chi connectivity index (χ1v) is 5.39. The molecule has 0 fully saturated rings. The van der Waals surface area contributed by atoms with Crippen LogP contribution >= 0.6 is 11.8 Å². The van der Waals surface area contributed by atoms with Gasteiger partial charge in [0, 0.05) is 6.42 Å². The van der Waals surface area contributed by atoms with Crippen molar-refractivity contribution in [1.29, 1.82) is 5.26 Å². The molecular weight excluding hydrogens is 208 g/mol. The second-order valence-corrected chi connectivity index (χ2v) is 4.07. The standard InChI is InChI=1S/C11H8N2OS/c12-6-9-3-1-8(2-4-9)5-10-11(14)15-7-13-10/h1-4,7,10H,5H2. The number of nitriles is 1. The lowest BCUT2D eigenvalue weighted by atomic mass is 10.1. The van der Waals surface area contributed by atoms with Crippen LogP contribution < -0.4 is 0 Å². The summed E-state index contributed by atoms with van der Waals surface area (Å²) in [4.78, 5) is 15.4. The third-order valence-corrected chi connectivity index (χ3v) is 2.93. The molecule has 1 heterocycles. The first-order chi connectivity index (χ1) is 7.29. The molecule has 1 aliphatic heterocycles. The molecule has 0 aliphatic carbocycles. The van der Waals surface area contributed by atoms with Crippen molar-refractivity contribution < 1.29 is 4.79 Å². The Morgan fingerprint density at radius 3 is 2.67 bits per heavy atom. The van der Waals surface area contributed by atoms with Gasteiger partial charge in [-0.05, 0) is 29.5 Å². The van der Waals surface area contributed by atoms with Crippen molar-refractivity contribution in [2.45, 2.75) is 12.5 Å². The zero-order chi connectivity index (χ0) is 10.7. The highest BCUT2D eigenvalue weighted by molar-refractivity contribution is 8.25. The van der Waals surface area contributed by atoms with Gasteiger partial charge in [-0.25, -0.2) is 0 Å². The number of rotatable bonds is 2. The van der Waals surface area contributed by atoms with Gasteiger partial charge in [0.05, 0.1) is 17.2 Å². The molecule has 1 aliphatic rings. The second kappa shape index (κ2) is 4.28. The Balaban J connectivity index is 2.08. The summed E-state index contributed by atoms with van der Waals surface area (Å²) >= 11 is 1.15. The largest absolute Gasteiger partial charge is 0.284 e. The summed E-state index contributed by atoms with van der Waals surface area (Å²) in [6.07, 6.45) is 0.619. The Bertz CT molecular complexity index is 445. The van der Waals surface area contributed by atoms with Crippen molar-refractivity contribution in [3.63, 3.8) is 0 Å². The summed E-state index contributed by atoms with van der Waals surface area (Å²) in [7, 11) is 0. The van der Waals surface area contributed by atoms with Gasteiger partial charge in [0.15, 0.2) is 0 Å². The normalized spacial score (nSPS) is 19.1. The van der Waals surface area contributed by atoms with Crippen LogP contribution in [0.4, 0.5) is 0 Å². The molecule has 74 valence electrons. The van der Waals surface area contributed by atoms with E-state index in [1.165, 1.54) is 0 Å². The number of carbonyl (C=O) groups is 1. The van der Waals surface area contributed by atoms with E-state index in [1.807, 2.05) is 12.1 Å². The van der Waals surface area contributed by atoms with Crippen LogP contribution in [0.25, 0.3) is 0 Å². The lowest BCUT2D eigenvalue weighted by molar-refractivity contribution is -0.111. The lowest BCUT2D eigenvalue weighted by Gasteiger charge is -2.04. The Hall–Kier alpha value is -1.60. The SMILES string of the molecule is N#Cc1ccc(CC2N=CSC2=O)cc1. The van der Waals surface area contributed by atoms with Gasteiger partial charge >= 0.3 is 0 Å². The number of carbonyl (C=O) groups excluding carboxylic acids is 1. The van der Waals surface area contributed by atoms with Gasteiger partial charge in [0.1, 0.15) is 6.04 Å². The molecule has 1 atom stereocenters. The first-order valence-electron chi connectivity index (χ1n) is 4.51. The molecule has 0 amide bonds. The van der Waals surface area contributed by atoms with E-state index in [1.54, 1.807) is 17.7 Å². The van der Waals surface area contributed by atoms with Crippen LogP contribution in [0.15, 0.2) is 29.3 Å². The molecule has 3 nitrogen and oxygen atoms in total. The Morgan fingerprint density at radius 2 is 2.13 bits per heavy atom. The number of nitrogens with zero attached hydrogens (tertiary/aromatic N) is 2. The van der Waals surface area contributed by atoms with Crippen LogP contribution in [-0.2, 0) is 11.2 Å². The smallest absolute Gasteiger partial charge is 0.219 e. The Morgan fingerprint density at radius 1 is 1.40 bits per heavy atom.